The minimum Gasteiger partial charge on any atom is -0.326 e. The van der Waals surface area contributed by atoms with Crippen LogP contribution in [-0.4, -0.2) is 42.8 Å². The van der Waals surface area contributed by atoms with Gasteiger partial charge >= 0.3 is 0 Å². The summed E-state index contributed by atoms with van der Waals surface area (Å²) in [6, 6.07) is 5.78. The van der Waals surface area contributed by atoms with Crippen LogP contribution in [0.5, 0.6) is 0 Å². The molecule has 23 heavy (non-hydrogen) atoms. The highest BCUT2D eigenvalue weighted by Gasteiger charge is 2.26. The molecule has 0 spiro atoms. The van der Waals surface area contributed by atoms with E-state index in [1.165, 1.54) is 30.6 Å². The number of carbonyl (C=O) groups excluding carboxylic acids is 2. The van der Waals surface area contributed by atoms with Gasteiger partial charge in [0.2, 0.25) is 15.9 Å². The third-order valence-corrected chi connectivity index (χ3v) is 4.84. The Morgan fingerprint density at radius 2 is 2.00 bits per heavy atom. The Labute approximate surface area is 135 Å². The molecule has 0 aliphatic heterocycles. The summed E-state index contributed by atoms with van der Waals surface area (Å²) in [6.45, 7) is 2.88. The lowest BCUT2D eigenvalue weighted by Gasteiger charge is -2.21. The highest BCUT2D eigenvalue weighted by atomic mass is 32.2. The summed E-state index contributed by atoms with van der Waals surface area (Å²) in [7, 11) is -3.93. The molecule has 1 rings (SSSR count). The molecule has 0 fully saturated rings. The summed E-state index contributed by atoms with van der Waals surface area (Å²) in [5, 5.41) is 11.1. The maximum absolute atomic E-state index is 12.7. The van der Waals surface area contributed by atoms with Crippen LogP contribution >= 0.6 is 0 Å². The van der Waals surface area contributed by atoms with Gasteiger partial charge < -0.3 is 5.32 Å². The van der Waals surface area contributed by atoms with Crippen LogP contribution in [0.25, 0.3) is 0 Å². The molecule has 0 saturated heterocycles. The molecule has 1 aromatic carbocycles. The minimum absolute atomic E-state index is 0.0365. The molecular formula is C14H21N3O5S. The normalized spacial score (nSPS) is 11.3. The van der Waals surface area contributed by atoms with Gasteiger partial charge in [-0.2, -0.15) is 4.31 Å². The van der Waals surface area contributed by atoms with Crippen LogP contribution < -0.4 is 10.8 Å². The fraction of sp³-hybridized carbons (Fsp3) is 0.429. The molecule has 0 aliphatic rings. The second kappa shape index (κ2) is 8.61. The van der Waals surface area contributed by atoms with Crippen LogP contribution in [0, 0.1) is 0 Å². The van der Waals surface area contributed by atoms with Gasteiger partial charge in [0.15, 0.2) is 0 Å². The largest absolute Gasteiger partial charge is 0.326 e. The quantitative estimate of drug-likeness (QED) is 0.480. The van der Waals surface area contributed by atoms with E-state index in [4.69, 9.17) is 5.21 Å². The molecule has 2 amide bonds. The molecule has 0 bridgehead atoms. The summed E-state index contributed by atoms with van der Waals surface area (Å²) in [5.74, 6) is -1.13. The maximum Gasteiger partial charge on any atom is 0.258 e. The van der Waals surface area contributed by atoms with Crippen molar-refractivity contribution in [2.24, 2.45) is 0 Å². The molecule has 1 aromatic rings. The topological polar surface area (TPSA) is 116 Å². The van der Waals surface area contributed by atoms with E-state index in [0.29, 0.717) is 12.1 Å². The first-order valence-corrected chi connectivity index (χ1v) is 8.56. The van der Waals surface area contributed by atoms with Crippen molar-refractivity contribution in [2.45, 2.75) is 31.6 Å². The van der Waals surface area contributed by atoms with Crippen molar-refractivity contribution < 1.29 is 23.2 Å². The number of hydrogen-bond acceptors (Lipinski definition) is 5. The number of nitrogens with zero attached hydrogens (tertiary/aromatic N) is 1. The first-order chi connectivity index (χ1) is 10.8. The van der Waals surface area contributed by atoms with Gasteiger partial charge in [0.1, 0.15) is 0 Å². The summed E-state index contributed by atoms with van der Waals surface area (Å²) in [5.41, 5.74) is 1.78. The monoisotopic (exact) mass is 343 g/mol. The molecule has 0 unspecified atom stereocenters. The zero-order chi connectivity index (χ0) is 17.5. The molecule has 0 radical (unpaired) electrons. The van der Waals surface area contributed by atoms with Crippen molar-refractivity contribution in [1.82, 2.24) is 9.79 Å². The van der Waals surface area contributed by atoms with Crippen molar-refractivity contribution in [1.29, 1.82) is 0 Å². The Balaban J connectivity index is 3.12. The van der Waals surface area contributed by atoms with Crippen LogP contribution in [0.4, 0.5) is 5.69 Å². The minimum atomic E-state index is -3.93. The second-order valence-electron chi connectivity index (χ2n) is 4.94. The molecule has 0 saturated carbocycles. The molecule has 0 aliphatic carbocycles. The standard InChI is InChI=1S/C14H21N3O5S/c1-3-4-8-17(10-14(19)16-20)23(21,22)13-7-5-6-12(9-13)15-11(2)18/h5-7,9,20H,3-4,8,10H2,1-2H3,(H,15,18)(H,16,19). The maximum atomic E-state index is 12.7. The fourth-order valence-electron chi connectivity index (χ4n) is 1.90. The molecule has 0 atom stereocenters. The predicted molar refractivity (Wildman–Crippen MR) is 84.3 cm³/mol. The van der Waals surface area contributed by atoms with Crippen molar-refractivity contribution in [3.63, 3.8) is 0 Å². The summed E-state index contributed by atoms with van der Waals surface area (Å²) < 4.78 is 26.4. The van der Waals surface area contributed by atoms with Crippen LogP contribution in [0.1, 0.15) is 26.7 Å². The van der Waals surface area contributed by atoms with E-state index >= 15 is 0 Å². The summed E-state index contributed by atoms with van der Waals surface area (Å²) in [4.78, 5) is 22.4. The van der Waals surface area contributed by atoms with Gasteiger partial charge in [-0.15, -0.1) is 0 Å². The van der Waals surface area contributed by atoms with Crippen LogP contribution in [0.2, 0.25) is 0 Å². The van der Waals surface area contributed by atoms with Crippen molar-refractivity contribution in [3.8, 4) is 0 Å². The van der Waals surface area contributed by atoms with Gasteiger partial charge in [-0.05, 0) is 24.6 Å². The molecule has 0 heterocycles. The second-order valence-corrected chi connectivity index (χ2v) is 6.87. The lowest BCUT2D eigenvalue weighted by atomic mass is 10.3. The molecule has 8 nitrogen and oxygen atoms in total. The van der Waals surface area contributed by atoms with E-state index in [9.17, 15) is 18.0 Å². The molecule has 128 valence electrons. The van der Waals surface area contributed by atoms with Crippen LogP contribution in [0.3, 0.4) is 0 Å². The first kappa shape index (κ1) is 19.1. The average Bonchev–Trinajstić information content (AvgIpc) is 2.50. The number of anilines is 1. The number of benzene rings is 1. The van der Waals surface area contributed by atoms with Gasteiger partial charge in [0, 0.05) is 19.2 Å². The van der Waals surface area contributed by atoms with E-state index in [-0.39, 0.29) is 17.3 Å². The van der Waals surface area contributed by atoms with Gasteiger partial charge in [0.05, 0.1) is 11.4 Å². The average molecular weight is 343 g/mol. The van der Waals surface area contributed by atoms with Gasteiger partial charge in [-0.1, -0.05) is 19.4 Å². The van der Waals surface area contributed by atoms with Crippen molar-refractivity contribution in [3.05, 3.63) is 24.3 Å². The number of hydroxylamine groups is 1. The van der Waals surface area contributed by atoms with Crippen LogP contribution in [0.15, 0.2) is 29.2 Å². The highest BCUT2D eigenvalue weighted by Crippen LogP contribution is 2.20. The Morgan fingerprint density at radius 3 is 2.57 bits per heavy atom. The Bertz CT molecular complexity index is 660. The predicted octanol–water partition coefficient (Wildman–Crippen LogP) is 0.941. The third kappa shape index (κ3) is 5.62. The lowest BCUT2D eigenvalue weighted by Crippen LogP contribution is -2.40. The fourth-order valence-corrected chi connectivity index (χ4v) is 3.38. The van der Waals surface area contributed by atoms with E-state index < -0.39 is 22.5 Å². The molecule has 3 N–H and O–H groups in total. The van der Waals surface area contributed by atoms with Gasteiger partial charge in [0.25, 0.3) is 5.91 Å². The van der Waals surface area contributed by atoms with E-state index in [0.717, 1.165) is 10.7 Å². The molecule has 0 aromatic heterocycles. The first-order valence-electron chi connectivity index (χ1n) is 7.12. The molecule has 9 heteroatoms. The van der Waals surface area contributed by atoms with E-state index in [1.54, 1.807) is 6.07 Å². The van der Waals surface area contributed by atoms with E-state index in [2.05, 4.69) is 5.32 Å². The Morgan fingerprint density at radius 1 is 1.30 bits per heavy atom. The SMILES string of the molecule is CCCCN(CC(=O)NO)S(=O)(=O)c1cccc(NC(C)=O)c1. The highest BCUT2D eigenvalue weighted by molar-refractivity contribution is 7.89. The van der Waals surface area contributed by atoms with Crippen LogP contribution in [-0.2, 0) is 19.6 Å². The third-order valence-electron chi connectivity index (χ3n) is 3.00. The lowest BCUT2D eigenvalue weighted by molar-refractivity contribution is -0.129. The van der Waals surface area contributed by atoms with Gasteiger partial charge in [-0.25, -0.2) is 13.9 Å². The Hall–Kier alpha value is -1.97. The number of nitrogens with one attached hydrogen (secondary N) is 2. The number of sulfonamides is 1. The number of amides is 2. The number of unbranched alkanes of at least 4 members (excludes halogenated alkanes) is 1. The zero-order valence-corrected chi connectivity index (χ0v) is 13.9. The number of hydrogen-bond donors (Lipinski definition) is 3. The van der Waals surface area contributed by atoms with Crippen molar-refractivity contribution in [2.75, 3.05) is 18.4 Å². The zero-order valence-electron chi connectivity index (χ0n) is 13.1. The van der Waals surface area contributed by atoms with Crippen molar-refractivity contribution >= 4 is 27.5 Å². The summed E-state index contributed by atoms with van der Waals surface area (Å²) in [6.07, 6.45) is 1.32. The summed E-state index contributed by atoms with van der Waals surface area (Å²) >= 11 is 0. The number of carbonyl (C=O) groups is 2. The van der Waals surface area contributed by atoms with E-state index in [1.807, 2.05) is 6.92 Å². The molecular weight excluding hydrogens is 322 g/mol. The smallest absolute Gasteiger partial charge is 0.258 e. The number of rotatable bonds is 8. The van der Waals surface area contributed by atoms with Gasteiger partial charge in [-0.3, -0.25) is 14.8 Å². The Kier molecular flexibility index (Phi) is 7.14.